The van der Waals surface area contributed by atoms with E-state index in [0.717, 1.165) is 206 Å². The summed E-state index contributed by atoms with van der Waals surface area (Å²) in [5.74, 6) is 4.84. The minimum atomic E-state index is -0.119. The molecule has 7 saturated carbocycles. The van der Waals surface area contributed by atoms with Crippen LogP contribution in [-0.4, -0.2) is 188 Å². The second-order valence-corrected chi connectivity index (χ2v) is 35.5. The van der Waals surface area contributed by atoms with Crippen LogP contribution in [0.3, 0.4) is 0 Å². The van der Waals surface area contributed by atoms with Crippen molar-refractivity contribution in [2.75, 3.05) is 73.0 Å². The molecular formula is C83H150N10O8. The number of hydrogen-bond donors (Lipinski definition) is 9. The Kier molecular flexibility index (Phi) is 28.1. The van der Waals surface area contributed by atoms with E-state index in [0.29, 0.717) is 35.5 Å². The van der Waals surface area contributed by atoms with Crippen molar-refractivity contribution < 1.29 is 37.9 Å². The molecule has 0 aromatic rings. The molecule has 14 fully saturated rings. The standard InChI is InChI=1S/C83H150N10O8/c1-10-18-40-94-68-52-34-28-29-35-53(52)69(95-41-19-11-2)59-58(68)76-86-77(59)88-79-62-63(74(100-46-24-16-7)66-54(36-30-38-84-66)70(62)96-42-20-12-3)81(90-79)92-82-64-65(75(101-47-25-17-8)67-55(37-31-39-85-67)71(64)97-43-21-13-4)83(93(82)9)91-80-61-60(78(87-76)89-80)72(98-44-22-14-5)56-48-50-32-26-27-33-51(50)49-57(56)73(61)99-45-23-15-6/h50-92H,10-49H2,1-9H3. The van der Waals surface area contributed by atoms with Gasteiger partial charge in [0.2, 0.25) is 0 Å². The molecule has 0 spiro atoms. The summed E-state index contributed by atoms with van der Waals surface area (Å²) in [6.45, 7) is 27.0. The fraction of sp³-hybridized carbons (Fsp3) is 1.00. The van der Waals surface area contributed by atoms with E-state index < -0.39 is 0 Å². The number of nitrogens with one attached hydrogen (secondary N) is 9. The van der Waals surface area contributed by atoms with Crippen molar-refractivity contribution in [1.82, 2.24) is 52.8 Å². The van der Waals surface area contributed by atoms with Crippen molar-refractivity contribution >= 4 is 0 Å². The van der Waals surface area contributed by atoms with Crippen LogP contribution < -0.4 is 47.9 Å². The third-order valence-corrected chi connectivity index (χ3v) is 29.7. The van der Waals surface area contributed by atoms with Gasteiger partial charge in [0.05, 0.1) is 98.2 Å². The molecule has 7 saturated heterocycles. The SMILES string of the molecule is CCCCOC1C2CCCCC2C(OCCCC)C2C3NC(NC4NC(NC5C6C(OCCCC)C7NCCCC7C(OCCCC)C6C(NC6NC(N3)C3C(OCCCC)C7CCCNC7C(OCCCC)C63)N5C)C3C(OCCCC)C5CC6CCCCC6CC5C(OCCCC)C43)C12. The van der Waals surface area contributed by atoms with Crippen LogP contribution in [-0.2, 0) is 37.9 Å². The number of piperidine rings is 2. The van der Waals surface area contributed by atoms with E-state index in [9.17, 15) is 0 Å². The van der Waals surface area contributed by atoms with Gasteiger partial charge in [0.15, 0.2) is 0 Å². The van der Waals surface area contributed by atoms with E-state index in [-0.39, 0.29) is 158 Å². The second kappa shape index (κ2) is 36.9. The number of hydrogen-bond acceptors (Lipinski definition) is 18. The quantitative estimate of drug-likeness (QED) is 0.0290. The molecule has 7 aliphatic carbocycles. The Labute approximate surface area is 613 Å². The minimum absolute atomic E-state index is 0.0205. The molecule has 34 unspecified atom stereocenters. The summed E-state index contributed by atoms with van der Waals surface area (Å²) in [5.41, 5.74) is 0. The van der Waals surface area contributed by atoms with Gasteiger partial charge in [0.25, 0.3) is 0 Å². The van der Waals surface area contributed by atoms with Crippen LogP contribution in [0.4, 0.5) is 0 Å². The van der Waals surface area contributed by atoms with Crippen molar-refractivity contribution in [2.24, 2.45) is 94.7 Å². The molecule has 0 aromatic heterocycles. The van der Waals surface area contributed by atoms with Crippen LogP contribution in [0.5, 0.6) is 0 Å². The van der Waals surface area contributed by atoms with E-state index >= 15 is 0 Å². The molecule has 8 bridgehead atoms. The maximum atomic E-state index is 7.88. The molecule has 18 heteroatoms. The summed E-state index contributed by atoms with van der Waals surface area (Å²) in [5, 5.41) is 41.7. The van der Waals surface area contributed by atoms with Gasteiger partial charge >= 0.3 is 0 Å². The van der Waals surface area contributed by atoms with Gasteiger partial charge in [0, 0.05) is 124 Å². The highest BCUT2D eigenvalue weighted by Gasteiger charge is 2.70. The van der Waals surface area contributed by atoms with Gasteiger partial charge in [-0.25, -0.2) is 0 Å². The first kappa shape index (κ1) is 77.0. The Balaban J connectivity index is 0.970. The van der Waals surface area contributed by atoms with Crippen molar-refractivity contribution in [3.8, 4) is 0 Å². The number of nitrogens with zero attached hydrogens (tertiary/aromatic N) is 1. The number of unbranched alkanes of at least 4 members (excludes halogenated alkanes) is 8. The predicted molar refractivity (Wildman–Crippen MR) is 401 cm³/mol. The van der Waals surface area contributed by atoms with E-state index in [1.807, 2.05) is 0 Å². The Hall–Kier alpha value is -0.720. The van der Waals surface area contributed by atoms with Crippen LogP contribution >= 0.6 is 0 Å². The molecule has 580 valence electrons. The van der Waals surface area contributed by atoms with Crippen molar-refractivity contribution in [3.05, 3.63) is 0 Å². The zero-order valence-electron chi connectivity index (χ0n) is 65.1. The van der Waals surface area contributed by atoms with E-state index in [2.05, 4.69) is 88.6 Å². The summed E-state index contributed by atoms with van der Waals surface area (Å²) < 4.78 is 62.0. The summed E-state index contributed by atoms with van der Waals surface area (Å²) >= 11 is 0. The molecule has 9 N–H and O–H groups in total. The smallest absolute Gasteiger partial charge is 0.0792 e. The molecule has 14 aliphatic rings. The first-order valence-electron chi connectivity index (χ1n) is 44.2. The molecule has 7 aliphatic heterocycles. The lowest BCUT2D eigenvalue weighted by molar-refractivity contribution is -0.188. The van der Waals surface area contributed by atoms with Gasteiger partial charge in [-0.3, -0.25) is 42.1 Å². The molecule has 7 heterocycles. The third kappa shape index (κ3) is 15.9. The zero-order valence-corrected chi connectivity index (χ0v) is 65.1. The van der Waals surface area contributed by atoms with Crippen LogP contribution in [0.25, 0.3) is 0 Å². The Bertz CT molecular complexity index is 2460. The van der Waals surface area contributed by atoms with E-state index in [4.69, 9.17) is 64.5 Å². The van der Waals surface area contributed by atoms with Gasteiger partial charge in [-0.1, -0.05) is 145 Å². The van der Waals surface area contributed by atoms with E-state index in [1.165, 1.54) is 64.2 Å². The van der Waals surface area contributed by atoms with Gasteiger partial charge < -0.3 is 48.5 Å². The van der Waals surface area contributed by atoms with Gasteiger partial charge in [0.1, 0.15) is 0 Å². The molecular weight excluding hydrogens is 1260 g/mol. The lowest BCUT2D eigenvalue weighted by atomic mass is 9.54. The van der Waals surface area contributed by atoms with Crippen LogP contribution in [0, 0.1) is 94.7 Å². The minimum Gasteiger partial charge on any atom is -0.378 e. The van der Waals surface area contributed by atoms with Crippen molar-refractivity contribution in [3.63, 3.8) is 0 Å². The predicted octanol–water partition coefficient (Wildman–Crippen LogP) is 11.6. The van der Waals surface area contributed by atoms with Gasteiger partial charge in [-0.2, -0.15) is 0 Å². The number of rotatable bonds is 32. The normalized spacial score (nSPS) is 46.9. The van der Waals surface area contributed by atoms with Crippen molar-refractivity contribution in [1.29, 1.82) is 0 Å². The molecule has 34 atom stereocenters. The molecule has 0 aromatic carbocycles. The lowest BCUT2D eigenvalue weighted by Crippen LogP contribution is -2.68. The summed E-state index contributed by atoms with van der Waals surface area (Å²) in [4.78, 5) is 2.81. The van der Waals surface area contributed by atoms with Gasteiger partial charge in [-0.05, 0) is 158 Å². The largest absolute Gasteiger partial charge is 0.378 e. The fourth-order valence-electron chi connectivity index (χ4n) is 25.1. The molecule has 101 heavy (non-hydrogen) atoms. The molecule has 0 radical (unpaired) electrons. The molecule has 18 nitrogen and oxygen atoms in total. The Morgan fingerprint density at radius 2 is 0.515 bits per heavy atom. The fourth-order valence-corrected chi connectivity index (χ4v) is 25.1. The maximum Gasteiger partial charge on any atom is 0.0792 e. The summed E-state index contributed by atoms with van der Waals surface area (Å²) in [6, 6.07) is 0.367. The van der Waals surface area contributed by atoms with Gasteiger partial charge in [-0.15, -0.1) is 0 Å². The highest BCUT2D eigenvalue weighted by molar-refractivity contribution is 5.21. The highest BCUT2D eigenvalue weighted by Crippen LogP contribution is 2.60. The highest BCUT2D eigenvalue weighted by atomic mass is 16.5. The van der Waals surface area contributed by atoms with Crippen LogP contribution in [0.2, 0.25) is 0 Å². The topological polar surface area (TPSA) is 185 Å². The summed E-state index contributed by atoms with van der Waals surface area (Å²) in [6.07, 6.45) is 34.5. The first-order valence-corrected chi connectivity index (χ1v) is 44.2. The first-order chi connectivity index (χ1) is 49.8. The monoisotopic (exact) mass is 1420 g/mol. The molecule has 0 amide bonds. The number of ether oxygens (including phenoxy) is 8. The number of fused-ring (bicyclic) bond motifs is 25. The Morgan fingerprint density at radius 1 is 0.267 bits per heavy atom. The zero-order chi connectivity index (χ0) is 69.5. The molecule has 14 rings (SSSR count). The third-order valence-electron chi connectivity index (χ3n) is 29.7. The van der Waals surface area contributed by atoms with Crippen LogP contribution in [0.15, 0.2) is 0 Å². The average Bonchev–Trinajstić information content (AvgIpc) is 1.58. The average molecular weight is 1420 g/mol. The second-order valence-electron chi connectivity index (χ2n) is 35.5. The van der Waals surface area contributed by atoms with E-state index in [1.54, 1.807) is 0 Å². The van der Waals surface area contributed by atoms with Crippen molar-refractivity contribution in [2.45, 2.75) is 358 Å². The maximum absolute atomic E-state index is 7.88. The summed E-state index contributed by atoms with van der Waals surface area (Å²) in [7, 11) is 2.49. The van der Waals surface area contributed by atoms with Crippen LogP contribution in [0.1, 0.15) is 248 Å². The Morgan fingerprint density at radius 3 is 0.851 bits per heavy atom. The lowest BCUT2D eigenvalue weighted by Gasteiger charge is -2.56.